The molecule has 11 nitrogen and oxygen atoms in total. The number of nitrogens with two attached hydrogens (primary N) is 1. The van der Waals surface area contributed by atoms with Gasteiger partial charge in [-0.3, -0.25) is 9.36 Å². The van der Waals surface area contributed by atoms with E-state index in [1.807, 2.05) is 0 Å². The molecule has 2 aromatic rings. The summed E-state index contributed by atoms with van der Waals surface area (Å²) in [5.74, 6) is 1.37. The molecule has 1 aromatic heterocycles. The van der Waals surface area contributed by atoms with Crippen LogP contribution in [0.15, 0.2) is 29.2 Å². The van der Waals surface area contributed by atoms with Crippen molar-refractivity contribution in [3.8, 4) is 11.5 Å². The van der Waals surface area contributed by atoms with E-state index in [1.54, 1.807) is 29.0 Å². The van der Waals surface area contributed by atoms with Crippen molar-refractivity contribution in [1.29, 1.82) is 0 Å². The minimum absolute atomic E-state index is 0.107. The van der Waals surface area contributed by atoms with Gasteiger partial charge in [0, 0.05) is 50.4 Å². The highest BCUT2D eigenvalue weighted by Crippen LogP contribution is 2.41. The van der Waals surface area contributed by atoms with Gasteiger partial charge in [-0.15, -0.1) is 0 Å². The number of amides is 1. The van der Waals surface area contributed by atoms with Crippen LogP contribution in [0.2, 0.25) is 0 Å². The lowest BCUT2D eigenvalue weighted by Crippen LogP contribution is -2.44. The maximum atomic E-state index is 12.9. The zero-order chi connectivity index (χ0) is 26.3. The lowest BCUT2D eigenvalue weighted by molar-refractivity contribution is 0.0951. The second-order valence-electron chi connectivity index (χ2n) is 10.4. The summed E-state index contributed by atoms with van der Waals surface area (Å²) >= 11 is 0. The Kier molecular flexibility index (Phi) is 8.90. The third kappa shape index (κ3) is 6.52. The highest BCUT2D eigenvalue weighted by molar-refractivity contribution is 5.96. The van der Waals surface area contributed by atoms with Gasteiger partial charge in [0.25, 0.3) is 5.91 Å². The van der Waals surface area contributed by atoms with Crippen molar-refractivity contribution in [2.75, 3.05) is 57.7 Å². The fourth-order valence-corrected chi connectivity index (χ4v) is 5.49. The van der Waals surface area contributed by atoms with Crippen molar-refractivity contribution in [2.24, 2.45) is 5.73 Å². The average Bonchev–Trinajstić information content (AvgIpc) is 2.95. The van der Waals surface area contributed by atoms with Gasteiger partial charge in [0.1, 0.15) is 0 Å². The molecule has 1 amide bonds. The number of benzene rings is 1. The van der Waals surface area contributed by atoms with Crippen molar-refractivity contribution in [3.63, 3.8) is 0 Å². The standard InChI is InChI=1S/C27H40N8O3/c28-9-1-10-30-20-4-6-21(7-5-20)35-18-24-25(33-27(35)37)32-22-17-19(3-8-23(22)38-24)26(36)31-11-2-14-34-15-12-29-13-16-34/h3,8,17-18,20-21,29-30H,1-2,4-7,9-16,28H2,(H,31,36)(H,32,33,37). The molecule has 0 unspecified atom stereocenters. The van der Waals surface area contributed by atoms with E-state index < -0.39 is 0 Å². The van der Waals surface area contributed by atoms with Gasteiger partial charge < -0.3 is 36.6 Å². The van der Waals surface area contributed by atoms with Crippen LogP contribution in [0.5, 0.6) is 11.5 Å². The maximum Gasteiger partial charge on any atom is 0.350 e. The van der Waals surface area contributed by atoms with Gasteiger partial charge in [-0.05, 0) is 76.4 Å². The van der Waals surface area contributed by atoms with Gasteiger partial charge >= 0.3 is 5.69 Å². The molecule has 38 heavy (non-hydrogen) atoms. The molecule has 5 rings (SSSR count). The van der Waals surface area contributed by atoms with Gasteiger partial charge in [0.15, 0.2) is 17.3 Å². The smallest absolute Gasteiger partial charge is 0.350 e. The van der Waals surface area contributed by atoms with E-state index in [9.17, 15) is 9.59 Å². The highest BCUT2D eigenvalue weighted by Gasteiger charge is 2.26. The van der Waals surface area contributed by atoms with Crippen LogP contribution in [0.1, 0.15) is 54.9 Å². The summed E-state index contributed by atoms with van der Waals surface area (Å²) in [4.78, 5) is 32.3. The molecule has 1 saturated heterocycles. The van der Waals surface area contributed by atoms with Crippen LogP contribution in [0.4, 0.5) is 11.5 Å². The summed E-state index contributed by atoms with van der Waals surface area (Å²) in [5, 5.41) is 13.1. The summed E-state index contributed by atoms with van der Waals surface area (Å²) < 4.78 is 7.81. The molecule has 3 heterocycles. The second kappa shape index (κ2) is 12.7. The third-order valence-electron chi connectivity index (χ3n) is 7.68. The zero-order valence-corrected chi connectivity index (χ0v) is 22.0. The highest BCUT2D eigenvalue weighted by atomic mass is 16.5. The van der Waals surface area contributed by atoms with Crippen LogP contribution >= 0.6 is 0 Å². The Bertz CT molecular complexity index is 1160. The Morgan fingerprint density at radius 1 is 1.11 bits per heavy atom. The van der Waals surface area contributed by atoms with E-state index in [1.165, 1.54) is 0 Å². The number of carbonyl (C=O) groups excluding carboxylic acids is 1. The van der Waals surface area contributed by atoms with Crippen LogP contribution in [0.3, 0.4) is 0 Å². The number of fused-ring (bicyclic) bond motifs is 2. The molecular weight excluding hydrogens is 484 g/mol. The fourth-order valence-electron chi connectivity index (χ4n) is 5.49. The van der Waals surface area contributed by atoms with Crippen LogP contribution < -0.4 is 37.4 Å². The Hall–Kier alpha value is -2.99. The van der Waals surface area contributed by atoms with Crippen molar-refractivity contribution in [1.82, 2.24) is 30.4 Å². The number of anilines is 2. The molecule has 6 N–H and O–H groups in total. The van der Waals surface area contributed by atoms with Gasteiger partial charge in [0.2, 0.25) is 0 Å². The molecule has 1 aliphatic carbocycles. The first-order valence-electron chi connectivity index (χ1n) is 14.0. The summed E-state index contributed by atoms with van der Waals surface area (Å²) in [6.45, 7) is 7.40. The van der Waals surface area contributed by atoms with Gasteiger partial charge in [-0.25, -0.2) is 4.79 Å². The number of nitrogens with zero attached hydrogens (tertiary/aromatic N) is 3. The SMILES string of the molecule is NCCCNC1CCC(n2cc3c(nc2=O)Nc2cc(C(=O)NCCCN4CCNCC4)ccc2O3)CC1. The third-order valence-corrected chi connectivity index (χ3v) is 7.68. The molecule has 0 spiro atoms. The van der Waals surface area contributed by atoms with Crippen LogP contribution in [-0.2, 0) is 0 Å². The number of hydrogen-bond acceptors (Lipinski definition) is 9. The molecule has 0 radical (unpaired) electrons. The number of piperazine rings is 1. The maximum absolute atomic E-state index is 12.9. The normalized spacial score (nSPS) is 21.1. The van der Waals surface area contributed by atoms with E-state index in [-0.39, 0.29) is 17.6 Å². The molecule has 0 bridgehead atoms. The molecule has 0 atom stereocenters. The van der Waals surface area contributed by atoms with E-state index in [0.717, 1.165) is 77.8 Å². The lowest BCUT2D eigenvalue weighted by Gasteiger charge is -2.31. The van der Waals surface area contributed by atoms with Crippen molar-refractivity contribution in [2.45, 2.75) is 50.6 Å². The van der Waals surface area contributed by atoms with Gasteiger partial charge in [-0.1, -0.05) is 0 Å². The summed E-state index contributed by atoms with van der Waals surface area (Å²) in [7, 11) is 0. The number of nitrogens with one attached hydrogen (secondary N) is 4. The average molecular weight is 525 g/mol. The quantitative estimate of drug-likeness (QED) is 0.250. The summed E-state index contributed by atoms with van der Waals surface area (Å²) in [6.07, 6.45) is 7.52. The number of aromatic nitrogens is 2. The summed E-state index contributed by atoms with van der Waals surface area (Å²) in [5.41, 5.74) is 6.46. The molecule has 206 valence electrons. The van der Waals surface area contributed by atoms with Crippen LogP contribution in [-0.4, -0.2) is 78.8 Å². The number of ether oxygens (including phenoxy) is 1. The first-order valence-corrected chi connectivity index (χ1v) is 14.0. The van der Waals surface area contributed by atoms with E-state index in [4.69, 9.17) is 10.5 Å². The van der Waals surface area contributed by atoms with E-state index >= 15 is 0 Å². The predicted molar refractivity (Wildman–Crippen MR) is 148 cm³/mol. The zero-order valence-electron chi connectivity index (χ0n) is 22.0. The molecule has 2 fully saturated rings. The van der Waals surface area contributed by atoms with Crippen molar-refractivity contribution >= 4 is 17.4 Å². The number of hydrogen-bond donors (Lipinski definition) is 5. The molecule has 1 saturated carbocycles. The Labute approximate surface area is 223 Å². The van der Waals surface area contributed by atoms with E-state index in [2.05, 4.69) is 31.2 Å². The lowest BCUT2D eigenvalue weighted by atomic mass is 9.91. The van der Waals surface area contributed by atoms with Crippen molar-refractivity contribution < 1.29 is 9.53 Å². The largest absolute Gasteiger partial charge is 0.450 e. The predicted octanol–water partition coefficient (Wildman–Crippen LogP) is 1.54. The van der Waals surface area contributed by atoms with Crippen LogP contribution in [0.25, 0.3) is 0 Å². The fraction of sp³-hybridized carbons (Fsp3) is 0.593. The Balaban J connectivity index is 1.16. The number of carbonyl (C=O) groups is 1. The molecule has 1 aromatic carbocycles. The Morgan fingerprint density at radius 2 is 1.92 bits per heavy atom. The molecular formula is C27H40N8O3. The second-order valence-corrected chi connectivity index (χ2v) is 10.4. The van der Waals surface area contributed by atoms with Gasteiger partial charge in [0.05, 0.1) is 11.9 Å². The minimum Gasteiger partial charge on any atom is -0.450 e. The molecule has 3 aliphatic rings. The van der Waals surface area contributed by atoms with Crippen molar-refractivity contribution in [3.05, 3.63) is 40.4 Å². The van der Waals surface area contributed by atoms with E-state index in [0.29, 0.717) is 47.7 Å². The Morgan fingerprint density at radius 3 is 2.71 bits per heavy atom. The molecule has 11 heteroatoms. The summed E-state index contributed by atoms with van der Waals surface area (Å²) in [6, 6.07) is 5.88. The topological polar surface area (TPSA) is 139 Å². The number of rotatable bonds is 10. The van der Waals surface area contributed by atoms with Crippen LogP contribution in [0, 0.1) is 0 Å². The van der Waals surface area contributed by atoms with Gasteiger partial charge in [-0.2, -0.15) is 4.98 Å². The monoisotopic (exact) mass is 524 g/mol. The first kappa shape index (κ1) is 26.6. The first-order chi connectivity index (χ1) is 18.6. The minimum atomic E-state index is -0.291. The molecule has 2 aliphatic heterocycles.